The lowest BCUT2D eigenvalue weighted by Crippen LogP contribution is -2.55. The topological polar surface area (TPSA) is 49.9 Å². The molecule has 1 saturated carbocycles. The Bertz CT molecular complexity index is 753. The molecule has 1 aromatic carbocycles. The normalized spacial score (nSPS) is 21.5. The summed E-state index contributed by atoms with van der Waals surface area (Å²) in [5.74, 6) is 2.53. The van der Waals surface area contributed by atoms with E-state index in [1.807, 2.05) is 40.9 Å². The molecule has 5 nitrogen and oxygen atoms in total. The van der Waals surface area contributed by atoms with Gasteiger partial charge in [0.25, 0.3) is 5.91 Å². The third-order valence-corrected chi connectivity index (χ3v) is 8.65. The minimum Gasteiger partial charge on any atom is -0.494 e. The molecule has 170 valence electrons. The molecular formula is C25H36N2O3S. The van der Waals surface area contributed by atoms with E-state index in [4.69, 9.17) is 4.74 Å². The summed E-state index contributed by atoms with van der Waals surface area (Å²) in [4.78, 5) is 30.3. The molecule has 4 rings (SSSR count). The van der Waals surface area contributed by atoms with Gasteiger partial charge in [0.2, 0.25) is 5.91 Å². The van der Waals surface area contributed by atoms with Gasteiger partial charge in [-0.15, -0.1) is 11.8 Å². The first-order chi connectivity index (χ1) is 15.1. The summed E-state index contributed by atoms with van der Waals surface area (Å²) >= 11 is 1.94. The van der Waals surface area contributed by atoms with Crippen LogP contribution in [0.4, 0.5) is 0 Å². The van der Waals surface area contributed by atoms with Gasteiger partial charge in [-0.05, 0) is 56.4 Å². The predicted molar refractivity (Wildman–Crippen MR) is 125 cm³/mol. The number of benzene rings is 1. The van der Waals surface area contributed by atoms with Crippen LogP contribution < -0.4 is 4.74 Å². The van der Waals surface area contributed by atoms with Crippen molar-refractivity contribution in [1.29, 1.82) is 0 Å². The monoisotopic (exact) mass is 444 g/mol. The molecule has 0 radical (unpaired) electrons. The zero-order valence-corrected chi connectivity index (χ0v) is 19.6. The number of ether oxygens (including phenoxy) is 1. The molecule has 2 aliphatic heterocycles. The molecule has 1 aliphatic carbocycles. The van der Waals surface area contributed by atoms with Gasteiger partial charge in [-0.1, -0.05) is 32.6 Å². The van der Waals surface area contributed by atoms with Crippen LogP contribution in [-0.2, 0) is 4.79 Å². The molecule has 31 heavy (non-hydrogen) atoms. The van der Waals surface area contributed by atoms with Gasteiger partial charge in [0, 0.05) is 36.9 Å². The first-order valence-electron chi connectivity index (χ1n) is 12.1. The SMILES string of the molecule is CCCCOc1ccc(C(=O)N2CCC3(CC2)SCCN3C(=O)C2CCCCC2)cc1. The Balaban J connectivity index is 1.34. The number of rotatable bonds is 6. The smallest absolute Gasteiger partial charge is 0.253 e. The van der Waals surface area contributed by atoms with Gasteiger partial charge in [0.15, 0.2) is 0 Å². The molecular weight excluding hydrogens is 408 g/mol. The van der Waals surface area contributed by atoms with E-state index in [-0.39, 0.29) is 16.7 Å². The lowest BCUT2D eigenvalue weighted by molar-refractivity contribution is -0.140. The van der Waals surface area contributed by atoms with Crippen molar-refractivity contribution in [2.45, 2.75) is 69.6 Å². The summed E-state index contributed by atoms with van der Waals surface area (Å²) in [6, 6.07) is 7.53. The standard InChI is InChI=1S/C25H36N2O3S/c1-2-3-18-30-22-11-9-21(10-12-22)23(28)26-15-13-25(14-16-26)27(17-19-31-25)24(29)20-7-5-4-6-8-20/h9-12,20H,2-8,13-19H2,1H3. The van der Waals surface area contributed by atoms with Gasteiger partial charge >= 0.3 is 0 Å². The molecule has 0 bridgehead atoms. The number of unbranched alkanes of at least 4 members (excludes halogenated alkanes) is 1. The Morgan fingerprint density at radius 2 is 1.77 bits per heavy atom. The number of hydrogen-bond acceptors (Lipinski definition) is 4. The average Bonchev–Trinajstić information content (AvgIpc) is 3.22. The molecule has 1 aromatic rings. The number of likely N-dealkylation sites (tertiary alicyclic amines) is 1. The Hall–Kier alpha value is -1.69. The van der Waals surface area contributed by atoms with Crippen molar-refractivity contribution in [3.05, 3.63) is 29.8 Å². The molecule has 1 spiro atoms. The number of amides is 2. The van der Waals surface area contributed by atoms with Crippen molar-refractivity contribution in [3.63, 3.8) is 0 Å². The minimum absolute atomic E-state index is 0.0862. The van der Waals surface area contributed by atoms with Crippen molar-refractivity contribution < 1.29 is 14.3 Å². The fourth-order valence-electron chi connectivity index (χ4n) is 5.17. The van der Waals surface area contributed by atoms with E-state index >= 15 is 0 Å². The van der Waals surface area contributed by atoms with E-state index in [9.17, 15) is 9.59 Å². The third kappa shape index (κ3) is 5.05. The maximum atomic E-state index is 13.3. The van der Waals surface area contributed by atoms with Crippen molar-refractivity contribution in [3.8, 4) is 5.75 Å². The fourth-order valence-corrected chi connectivity index (χ4v) is 6.64. The number of nitrogens with zero attached hydrogens (tertiary/aromatic N) is 2. The largest absolute Gasteiger partial charge is 0.494 e. The van der Waals surface area contributed by atoms with Crippen molar-refractivity contribution in [1.82, 2.24) is 9.80 Å². The molecule has 2 amide bonds. The maximum Gasteiger partial charge on any atom is 0.253 e. The summed E-state index contributed by atoms with van der Waals surface area (Å²) in [6.45, 7) is 5.16. The first-order valence-corrected chi connectivity index (χ1v) is 13.1. The Morgan fingerprint density at radius 3 is 2.45 bits per heavy atom. The van der Waals surface area contributed by atoms with Crippen molar-refractivity contribution in [2.24, 2.45) is 5.92 Å². The van der Waals surface area contributed by atoms with Gasteiger partial charge in [-0.25, -0.2) is 0 Å². The Kier molecular flexibility index (Phi) is 7.47. The second-order valence-electron chi connectivity index (χ2n) is 9.14. The molecule has 0 N–H and O–H groups in total. The van der Waals surface area contributed by atoms with E-state index in [0.29, 0.717) is 18.1 Å². The zero-order chi connectivity index (χ0) is 21.7. The highest BCUT2D eigenvalue weighted by Crippen LogP contribution is 2.45. The predicted octanol–water partition coefficient (Wildman–Crippen LogP) is 4.95. The maximum absolute atomic E-state index is 13.3. The van der Waals surface area contributed by atoms with Crippen LogP contribution in [0.25, 0.3) is 0 Å². The van der Waals surface area contributed by atoms with Gasteiger partial charge in [-0.2, -0.15) is 0 Å². The number of hydrogen-bond donors (Lipinski definition) is 0. The summed E-state index contributed by atoms with van der Waals surface area (Å²) in [5.41, 5.74) is 0.716. The number of thioether (sulfide) groups is 1. The van der Waals surface area contributed by atoms with E-state index in [0.717, 1.165) is 69.7 Å². The highest BCUT2D eigenvalue weighted by Gasteiger charge is 2.48. The van der Waals surface area contributed by atoms with Crippen molar-refractivity contribution >= 4 is 23.6 Å². The van der Waals surface area contributed by atoms with E-state index < -0.39 is 0 Å². The van der Waals surface area contributed by atoms with Gasteiger partial charge < -0.3 is 14.5 Å². The van der Waals surface area contributed by atoms with Gasteiger partial charge in [-0.3, -0.25) is 9.59 Å². The number of piperidine rings is 1. The second kappa shape index (κ2) is 10.3. The summed E-state index contributed by atoms with van der Waals surface area (Å²) in [7, 11) is 0. The summed E-state index contributed by atoms with van der Waals surface area (Å²) in [6.07, 6.45) is 9.65. The minimum atomic E-state index is -0.0950. The number of carbonyl (C=O) groups is 2. The quantitative estimate of drug-likeness (QED) is 0.582. The average molecular weight is 445 g/mol. The lowest BCUT2D eigenvalue weighted by Gasteiger charge is -2.45. The second-order valence-corrected chi connectivity index (χ2v) is 10.6. The van der Waals surface area contributed by atoms with E-state index in [2.05, 4.69) is 11.8 Å². The van der Waals surface area contributed by atoms with Crippen LogP contribution in [0, 0.1) is 5.92 Å². The van der Waals surface area contributed by atoms with Crippen LogP contribution in [0.15, 0.2) is 24.3 Å². The van der Waals surface area contributed by atoms with Crippen molar-refractivity contribution in [2.75, 3.05) is 32.0 Å². The molecule has 3 aliphatic rings. The fraction of sp³-hybridized carbons (Fsp3) is 0.680. The third-order valence-electron chi connectivity index (χ3n) is 7.10. The Morgan fingerprint density at radius 1 is 1.06 bits per heavy atom. The van der Waals surface area contributed by atoms with Crippen LogP contribution in [0.3, 0.4) is 0 Å². The van der Waals surface area contributed by atoms with Crippen LogP contribution >= 0.6 is 11.8 Å². The van der Waals surface area contributed by atoms with Crippen LogP contribution in [-0.4, -0.2) is 58.5 Å². The first kappa shape index (κ1) is 22.5. The number of carbonyl (C=O) groups excluding carboxylic acids is 2. The zero-order valence-electron chi connectivity index (χ0n) is 18.8. The molecule has 6 heteroatoms. The van der Waals surface area contributed by atoms with Crippen LogP contribution in [0.2, 0.25) is 0 Å². The van der Waals surface area contributed by atoms with Gasteiger partial charge in [0.1, 0.15) is 5.75 Å². The van der Waals surface area contributed by atoms with Crippen LogP contribution in [0.1, 0.15) is 75.1 Å². The lowest BCUT2D eigenvalue weighted by atomic mass is 9.87. The molecule has 2 heterocycles. The summed E-state index contributed by atoms with van der Waals surface area (Å²) in [5, 5.41) is 0. The Labute approximate surface area is 190 Å². The van der Waals surface area contributed by atoms with E-state index in [1.54, 1.807) is 0 Å². The molecule has 0 unspecified atom stereocenters. The molecule has 3 fully saturated rings. The highest BCUT2D eigenvalue weighted by atomic mass is 32.2. The molecule has 0 atom stereocenters. The van der Waals surface area contributed by atoms with Gasteiger partial charge in [0.05, 0.1) is 11.5 Å². The van der Waals surface area contributed by atoms with E-state index in [1.165, 1.54) is 19.3 Å². The molecule has 0 aromatic heterocycles. The molecule has 2 saturated heterocycles. The summed E-state index contributed by atoms with van der Waals surface area (Å²) < 4.78 is 5.71. The van der Waals surface area contributed by atoms with Crippen LogP contribution in [0.5, 0.6) is 5.75 Å². The highest BCUT2D eigenvalue weighted by molar-refractivity contribution is 8.00.